The number of fused-ring (bicyclic) bond motifs is 1. The molecular formula is C22H31N9O6. The van der Waals surface area contributed by atoms with E-state index in [9.17, 15) is 30.3 Å². The standard InChI is InChI=1S/C22H31N9O6/c1-2-3-15(14(23)8-11-4-5-11)27-20-28-19(17(18(24)32)29-30-20)26-13-6-7-16-12(9-13)10-25-31(16)21(33,34)22(35,36)37/h6-7,9-11,14-15,33-37H,2-5,8,23H2,1H3,(H2,24,32)(H2,26,27,28,30)/t14-,15+/m0/s1. The Hall–Kier alpha value is -3.47. The van der Waals surface area contributed by atoms with Crippen LogP contribution in [0, 0.1) is 5.92 Å². The van der Waals surface area contributed by atoms with Crippen molar-refractivity contribution in [3.05, 3.63) is 30.1 Å². The number of anilines is 3. The maximum absolute atomic E-state index is 12.0. The predicted molar refractivity (Wildman–Crippen MR) is 131 cm³/mol. The number of benzene rings is 1. The number of carbonyl (C=O) groups is 1. The second-order valence-electron chi connectivity index (χ2n) is 9.31. The van der Waals surface area contributed by atoms with E-state index in [-0.39, 0.29) is 35.1 Å². The Morgan fingerprint density at radius 2 is 1.95 bits per heavy atom. The molecule has 2 atom stereocenters. The number of carbonyl (C=O) groups excluding carboxylic acids is 1. The third-order valence-electron chi connectivity index (χ3n) is 6.23. The molecule has 1 saturated carbocycles. The van der Waals surface area contributed by atoms with Gasteiger partial charge in [0.25, 0.3) is 5.91 Å². The minimum atomic E-state index is -3.88. The second kappa shape index (κ2) is 10.1. The summed E-state index contributed by atoms with van der Waals surface area (Å²) in [6.45, 7) is 2.05. The molecule has 0 saturated heterocycles. The first-order chi connectivity index (χ1) is 17.4. The molecule has 3 aromatic rings. The Bertz CT molecular complexity index is 1270. The fraction of sp³-hybridized carbons (Fsp3) is 0.500. The average molecular weight is 518 g/mol. The summed E-state index contributed by atoms with van der Waals surface area (Å²) < 4.78 is 0.425. The average Bonchev–Trinajstić information content (AvgIpc) is 3.52. The zero-order chi connectivity index (χ0) is 27.0. The number of hydrogen-bond donors (Lipinski definition) is 9. The normalized spacial score (nSPS) is 16.0. The van der Waals surface area contributed by atoms with Gasteiger partial charge in [0, 0.05) is 23.2 Å². The summed E-state index contributed by atoms with van der Waals surface area (Å²) in [6.07, 6.45) is 6.17. The van der Waals surface area contributed by atoms with Gasteiger partial charge < -0.3 is 47.6 Å². The molecule has 1 aromatic carbocycles. The summed E-state index contributed by atoms with van der Waals surface area (Å²) in [6, 6.07) is 4.16. The molecule has 0 aliphatic heterocycles. The van der Waals surface area contributed by atoms with Crippen LogP contribution >= 0.6 is 0 Å². The van der Waals surface area contributed by atoms with Gasteiger partial charge in [-0.25, -0.2) is 4.68 Å². The molecule has 0 unspecified atom stereocenters. The van der Waals surface area contributed by atoms with Crippen molar-refractivity contribution in [3.8, 4) is 0 Å². The van der Waals surface area contributed by atoms with Gasteiger partial charge in [0.15, 0.2) is 11.5 Å². The molecule has 1 aliphatic rings. The summed E-state index contributed by atoms with van der Waals surface area (Å²) in [5, 5.41) is 65.8. The highest BCUT2D eigenvalue weighted by Gasteiger charge is 2.50. The number of aliphatic hydroxyl groups is 5. The summed E-state index contributed by atoms with van der Waals surface area (Å²) in [5.74, 6) is -7.42. The van der Waals surface area contributed by atoms with Crippen molar-refractivity contribution in [2.24, 2.45) is 17.4 Å². The number of primary amides is 1. The van der Waals surface area contributed by atoms with Crippen molar-refractivity contribution < 1.29 is 30.3 Å². The predicted octanol–water partition coefficient (Wildman–Crippen LogP) is -1.00. The topological polar surface area (TPSA) is 251 Å². The van der Waals surface area contributed by atoms with Crippen LogP contribution in [0.1, 0.15) is 49.5 Å². The molecule has 11 N–H and O–H groups in total. The van der Waals surface area contributed by atoms with Gasteiger partial charge in [-0.15, -0.1) is 10.2 Å². The molecule has 2 heterocycles. The highest BCUT2D eigenvalue weighted by molar-refractivity contribution is 5.96. The fourth-order valence-corrected chi connectivity index (χ4v) is 4.05. The van der Waals surface area contributed by atoms with E-state index in [0.717, 1.165) is 19.3 Å². The lowest BCUT2D eigenvalue weighted by molar-refractivity contribution is -0.482. The van der Waals surface area contributed by atoms with Gasteiger partial charge >= 0.3 is 11.9 Å². The Morgan fingerprint density at radius 3 is 2.57 bits per heavy atom. The quantitative estimate of drug-likeness (QED) is 0.131. The highest BCUT2D eigenvalue weighted by atomic mass is 16.7. The Labute approximate surface area is 211 Å². The van der Waals surface area contributed by atoms with Gasteiger partial charge in [0.1, 0.15) is 0 Å². The van der Waals surface area contributed by atoms with E-state index in [1.165, 1.54) is 37.2 Å². The second-order valence-corrected chi connectivity index (χ2v) is 9.31. The van der Waals surface area contributed by atoms with E-state index in [1.807, 2.05) is 0 Å². The van der Waals surface area contributed by atoms with Crippen molar-refractivity contribution in [3.63, 3.8) is 0 Å². The minimum Gasteiger partial charge on any atom is -0.364 e. The van der Waals surface area contributed by atoms with Crippen molar-refractivity contribution in [2.45, 2.75) is 63.0 Å². The lowest BCUT2D eigenvalue weighted by atomic mass is 9.99. The van der Waals surface area contributed by atoms with Crippen LogP contribution in [0.2, 0.25) is 0 Å². The zero-order valence-corrected chi connectivity index (χ0v) is 20.1. The van der Waals surface area contributed by atoms with Crippen molar-refractivity contribution in [1.29, 1.82) is 0 Å². The van der Waals surface area contributed by atoms with E-state index >= 15 is 0 Å². The molecule has 1 amide bonds. The molecule has 1 fully saturated rings. The van der Waals surface area contributed by atoms with Crippen LogP contribution in [0.5, 0.6) is 0 Å². The summed E-state index contributed by atoms with van der Waals surface area (Å²) in [7, 11) is 0. The van der Waals surface area contributed by atoms with E-state index in [2.05, 4.69) is 37.8 Å². The number of hydrogen-bond acceptors (Lipinski definition) is 13. The van der Waals surface area contributed by atoms with Gasteiger partial charge in [-0.2, -0.15) is 10.1 Å². The van der Waals surface area contributed by atoms with Crippen molar-refractivity contribution in [1.82, 2.24) is 25.0 Å². The van der Waals surface area contributed by atoms with Crippen LogP contribution in [-0.2, 0) is 5.91 Å². The molecule has 15 nitrogen and oxygen atoms in total. The van der Waals surface area contributed by atoms with Crippen LogP contribution in [0.4, 0.5) is 17.5 Å². The fourth-order valence-electron chi connectivity index (χ4n) is 4.05. The Kier molecular flexibility index (Phi) is 7.27. The molecule has 1 aliphatic carbocycles. The molecule has 0 bridgehead atoms. The molecular weight excluding hydrogens is 486 g/mol. The summed E-state index contributed by atoms with van der Waals surface area (Å²) in [5.41, 5.74) is 12.1. The Morgan fingerprint density at radius 1 is 1.22 bits per heavy atom. The molecule has 15 heteroatoms. The molecule has 2 aromatic heterocycles. The maximum Gasteiger partial charge on any atom is 0.357 e. The molecule has 200 valence electrons. The lowest BCUT2D eigenvalue weighted by Gasteiger charge is -2.30. The molecule has 37 heavy (non-hydrogen) atoms. The first-order valence-corrected chi connectivity index (χ1v) is 11.8. The Balaban J connectivity index is 1.60. The maximum atomic E-state index is 12.0. The first kappa shape index (κ1) is 26.6. The van der Waals surface area contributed by atoms with E-state index in [4.69, 9.17) is 11.5 Å². The largest absolute Gasteiger partial charge is 0.364 e. The number of rotatable bonds is 12. The van der Waals surface area contributed by atoms with E-state index < -0.39 is 17.8 Å². The summed E-state index contributed by atoms with van der Waals surface area (Å²) in [4.78, 5) is 16.4. The first-order valence-electron chi connectivity index (χ1n) is 11.8. The number of aromatic nitrogens is 5. The number of nitrogens with two attached hydrogens (primary N) is 2. The summed E-state index contributed by atoms with van der Waals surface area (Å²) >= 11 is 0. The number of nitrogens with one attached hydrogen (secondary N) is 2. The molecule has 0 radical (unpaired) electrons. The SMILES string of the molecule is CCC[C@@H](Nc1nnc(C(N)=O)c(Nc2ccc3c(cnn3C(O)(O)C(O)(O)O)c2)n1)[C@@H](N)CC1CC1. The van der Waals surface area contributed by atoms with Crippen LogP contribution in [-0.4, -0.2) is 74.5 Å². The number of nitrogens with zero attached hydrogens (tertiary/aromatic N) is 5. The van der Waals surface area contributed by atoms with Gasteiger partial charge in [-0.3, -0.25) is 4.79 Å². The van der Waals surface area contributed by atoms with Crippen LogP contribution in [0.3, 0.4) is 0 Å². The molecule has 4 rings (SSSR count). The highest BCUT2D eigenvalue weighted by Crippen LogP contribution is 2.34. The molecule has 0 spiro atoms. The third kappa shape index (κ3) is 5.76. The van der Waals surface area contributed by atoms with Gasteiger partial charge in [0.05, 0.1) is 11.7 Å². The van der Waals surface area contributed by atoms with E-state index in [1.54, 1.807) is 0 Å². The smallest absolute Gasteiger partial charge is 0.357 e. The number of amides is 1. The van der Waals surface area contributed by atoms with Gasteiger partial charge in [-0.1, -0.05) is 26.2 Å². The van der Waals surface area contributed by atoms with Gasteiger partial charge in [0.2, 0.25) is 5.95 Å². The van der Waals surface area contributed by atoms with Crippen molar-refractivity contribution in [2.75, 3.05) is 10.6 Å². The monoisotopic (exact) mass is 517 g/mol. The zero-order valence-electron chi connectivity index (χ0n) is 20.1. The van der Waals surface area contributed by atoms with E-state index in [0.29, 0.717) is 21.7 Å². The third-order valence-corrected chi connectivity index (χ3v) is 6.23. The lowest BCUT2D eigenvalue weighted by Crippen LogP contribution is -2.56. The minimum absolute atomic E-state index is 0.0292. The van der Waals surface area contributed by atoms with Crippen LogP contribution < -0.4 is 22.1 Å². The van der Waals surface area contributed by atoms with Crippen LogP contribution in [0.15, 0.2) is 24.4 Å². The van der Waals surface area contributed by atoms with Crippen molar-refractivity contribution >= 4 is 34.3 Å². The van der Waals surface area contributed by atoms with Crippen LogP contribution in [0.25, 0.3) is 10.9 Å². The van der Waals surface area contributed by atoms with Gasteiger partial charge in [-0.05, 0) is 37.0 Å².